The number of nitrogens with one attached hydrogen (secondary N) is 1. The van der Waals surface area contributed by atoms with Crippen LogP contribution in [0.25, 0.3) is 0 Å². The molecule has 0 bridgehead atoms. The van der Waals surface area contributed by atoms with Gasteiger partial charge in [-0.05, 0) is 65.4 Å². The van der Waals surface area contributed by atoms with Gasteiger partial charge in [0.2, 0.25) is 0 Å². The molecule has 0 aromatic heterocycles. The van der Waals surface area contributed by atoms with Crippen LogP contribution in [0.4, 0.5) is 11.4 Å². The summed E-state index contributed by atoms with van der Waals surface area (Å²) in [4.78, 5) is 0.0458. The second-order valence-corrected chi connectivity index (χ2v) is 7.57. The van der Waals surface area contributed by atoms with Gasteiger partial charge in [0.25, 0.3) is 10.0 Å². The molecule has 0 amide bonds. The molecule has 0 radical (unpaired) electrons. The van der Waals surface area contributed by atoms with E-state index in [9.17, 15) is 8.42 Å². The normalized spacial score (nSPS) is 11.3. The SMILES string of the molecule is Cc1c(N)cc(S(=O)(=O)Nc2cccc(I)c2)cc1Cl. The van der Waals surface area contributed by atoms with Crippen LogP contribution in [-0.2, 0) is 10.0 Å². The predicted octanol–water partition coefficient (Wildman–Crippen LogP) is 3.64. The Morgan fingerprint density at radius 1 is 1.25 bits per heavy atom. The Morgan fingerprint density at radius 3 is 2.55 bits per heavy atom. The lowest BCUT2D eigenvalue weighted by molar-refractivity contribution is 0.601. The average molecular weight is 423 g/mol. The van der Waals surface area contributed by atoms with Crippen LogP contribution in [0.15, 0.2) is 41.3 Å². The summed E-state index contributed by atoms with van der Waals surface area (Å²) in [5.41, 5.74) is 7.26. The number of sulfonamides is 1. The van der Waals surface area contributed by atoms with Crippen molar-refractivity contribution >= 4 is 55.6 Å². The summed E-state index contributed by atoms with van der Waals surface area (Å²) >= 11 is 8.09. The number of rotatable bonds is 3. The molecule has 106 valence electrons. The fraction of sp³-hybridized carbons (Fsp3) is 0.0769. The Morgan fingerprint density at radius 2 is 1.95 bits per heavy atom. The van der Waals surface area contributed by atoms with Gasteiger partial charge < -0.3 is 5.73 Å². The van der Waals surface area contributed by atoms with E-state index in [1.807, 2.05) is 6.07 Å². The Hall–Kier alpha value is -0.990. The van der Waals surface area contributed by atoms with Crippen LogP contribution in [0, 0.1) is 10.5 Å². The highest BCUT2D eigenvalue weighted by Crippen LogP contribution is 2.27. The highest BCUT2D eigenvalue weighted by atomic mass is 127. The van der Waals surface area contributed by atoms with E-state index < -0.39 is 10.0 Å². The first-order valence-electron chi connectivity index (χ1n) is 5.63. The van der Waals surface area contributed by atoms with E-state index in [2.05, 4.69) is 27.3 Å². The number of hydrogen-bond donors (Lipinski definition) is 2. The molecule has 2 aromatic rings. The van der Waals surface area contributed by atoms with Crippen LogP contribution in [0.3, 0.4) is 0 Å². The third kappa shape index (κ3) is 3.36. The molecule has 0 aliphatic rings. The lowest BCUT2D eigenvalue weighted by Gasteiger charge is -2.11. The van der Waals surface area contributed by atoms with Gasteiger partial charge in [-0.1, -0.05) is 17.7 Å². The quantitative estimate of drug-likeness (QED) is 0.586. The van der Waals surface area contributed by atoms with E-state index in [-0.39, 0.29) is 4.90 Å². The topological polar surface area (TPSA) is 72.2 Å². The molecular weight excluding hydrogens is 411 g/mol. The Labute approximate surface area is 136 Å². The molecule has 0 heterocycles. The van der Waals surface area contributed by atoms with Crippen LogP contribution in [0.5, 0.6) is 0 Å². The summed E-state index contributed by atoms with van der Waals surface area (Å²) in [6.45, 7) is 1.74. The molecule has 0 fully saturated rings. The number of halogens is 2. The fourth-order valence-electron chi connectivity index (χ4n) is 1.60. The van der Waals surface area contributed by atoms with Crippen molar-refractivity contribution in [2.24, 2.45) is 0 Å². The maximum atomic E-state index is 12.3. The largest absolute Gasteiger partial charge is 0.398 e. The maximum absolute atomic E-state index is 12.3. The van der Waals surface area contributed by atoms with E-state index in [0.29, 0.717) is 22.0 Å². The molecule has 7 heteroatoms. The van der Waals surface area contributed by atoms with Gasteiger partial charge in [0.05, 0.1) is 4.90 Å². The van der Waals surface area contributed by atoms with Crippen LogP contribution in [0.1, 0.15) is 5.56 Å². The zero-order valence-electron chi connectivity index (χ0n) is 10.5. The van der Waals surface area contributed by atoms with Gasteiger partial charge in [-0.2, -0.15) is 0 Å². The van der Waals surface area contributed by atoms with Crippen molar-refractivity contribution in [2.45, 2.75) is 11.8 Å². The van der Waals surface area contributed by atoms with Crippen LogP contribution < -0.4 is 10.5 Å². The lowest BCUT2D eigenvalue weighted by atomic mass is 10.2. The third-order valence-electron chi connectivity index (χ3n) is 2.75. The summed E-state index contributed by atoms with van der Waals surface area (Å²) in [6, 6.07) is 9.85. The van der Waals surface area contributed by atoms with Crippen molar-refractivity contribution in [1.29, 1.82) is 0 Å². The molecule has 0 spiro atoms. The predicted molar refractivity (Wildman–Crippen MR) is 90.6 cm³/mol. The van der Waals surface area contributed by atoms with E-state index >= 15 is 0 Å². The van der Waals surface area contributed by atoms with Gasteiger partial charge in [-0.25, -0.2) is 8.42 Å². The first-order valence-corrected chi connectivity index (χ1v) is 8.57. The van der Waals surface area contributed by atoms with Gasteiger partial charge in [-0.15, -0.1) is 0 Å². The summed E-state index contributed by atoms with van der Waals surface area (Å²) in [6.07, 6.45) is 0. The van der Waals surface area contributed by atoms with Crippen molar-refractivity contribution in [3.8, 4) is 0 Å². The Bertz CT molecular complexity index is 740. The van der Waals surface area contributed by atoms with Crippen LogP contribution >= 0.6 is 34.2 Å². The van der Waals surface area contributed by atoms with Crippen LogP contribution in [-0.4, -0.2) is 8.42 Å². The average Bonchev–Trinajstić information content (AvgIpc) is 2.34. The fourth-order valence-corrected chi connectivity index (χ4v) is 3.54. The van der Waals surface area contributed by atoms with Gasteiger partial charge in [0.15, 0.2) is 0 Å². The lowest BCUT2D eigenvalue weighted by Crippen LogP contribution is -2.13. The van der Waals surface area contributed by atoms with Gasteiger partial charge in [0.1, 0.15) is 0 Å². The van der Waals surface area contributed by atoms with Gasteiger partial charge >= 0.3 is 0 Å². The van der Waals surface area contributed by atoms with E-state index in [4.69, 9.17) is 17.3 Å². The minimum absolute atomic E-state index is 0.0458. The second-order valence-electron chi connectivity index (χ2n) is 4.24. The molecule has 0 unspecified atom stereocenters. The molecule has 2 rings (SSSR count). The summed E-state index contributed by atoms with van der Waals surface area (Å²) < 4.78 is 28.0. The monoisotopic (exact) mass is 422 g/mol. The minimum atomic E-state index is -3.71. The smallest absolute Gasteiger partial charge is 0.262 e. The molecule has 0 aliphatic heterocycles. The molecule has 20 heavy (non-hydrogen) atoms. The molecular formula is C13H12ClIN2O2S. The second kappa shape index (κ2) is 5.79. The molecule has 2 aromatic carbocycles. The molecule has 0 saturated carbocycles. The van der Waals surface area contributed by atoms with Gasteiger partial charge in [0, 0.05) is 20.0 Å². The van der Waals surface area contributed by atoms with Crippen molar-refractivity contribution in [3.63, 3.8) is 0 Å². The third-order valence-corrected chi connectivity index (χ3v) is 5.17. The number of hydrogen-bond acceptors (Lipinski definition) is 3. The standard InChI is InChI=1S/C13H12ClIN2O2S/c1-8-12(14)6-11(7-13(8)16)20(18,19)17-10-4-2-3-9(15)5-10/h2-7,17H,16H2,1H3. The van der Waals surface area contributed by atoms with Crippen molar-refractivity contribution in [3.05, 3.63) is 50.6 Å². The number of nitrogens with two attached hydrogens (primary N) is 1. The molecule has 3 N–H and O–H groups in total. The molecule has 0 atom stereocenters. The van der Waals surface area contributed by atoms with E-state index in [1.165, 1.54) is 12.1 Å². The van der Waals surface area contributed by atoms with Crippen LogP contribution in [0.2, 0.25) is 5.02 Å². The molecule has 0 saturated heterocycles. The number of anilines is 2. The highest BCUT2D eigenvalue weighted by molar-refractivity contribution is 14.1. The number of nitrogen functional groups attached to an aromatic ring is 1. The zero-order chi connectivity index (χ0) is 14.9. The highest BCUT2D eigenvalue weighted by Gasteiger charge is 2.17. The van der Waals surface area contributed by atoms with E-state index in [1.54, 1.807) is 25.1 Å². The summed E-state index contributed by atoms with van der Waals surface area (Å²) in [5.74, 6) is 0. The van der Waals surface area contributed by atoms with Crippen molar-refractivity contribution < 1.29 is 8.42 Å². The Kier molecular flexibility index (Phi) is 4.46. The minimum Gasteiger partial charge on any atom is -0.398 e. The zero-order valence-corrected chi connectivity index (χ0v) is 14.3. The van der Waals surface area contributed by atoms with Crippen molar-refractivity contribution in [1.82, 2.24) is 0 Å². The molecule has 4 nitrogen and oxygen atoms in total. The number of benzene rings is 2. The maximum Gasteiger partial charge on any atom is 0.262 e. The Balaban J connectivity index is 2.41. The summed E-state index contributed by atoms with van der Waals surface area (Å²) in [5, 5.41) is 0.327. The van der Waals surface area contributed by atoms with Crippen molar-refractivity contribution in [2.75, 3.05) is 10.5 Å². The molecule has 0 aliphatic carbocycles. The van der Waals surface area contributed by atoms with Gasteiger partial charge in [-0.3, -0.25) is 4.72 Å². The van der Waals surface area contributed by atoms with E-state index in [0.717, 1.165) is 3.57 Å². The first kappa shape index (κ1) is 15.4. The summed E-state index contributed by atoms with van der Waals surface area (Å²) in [7, 11) is -3.71. The first-order chi connectivity index (χ1) is 9.29.